The molecule has 0 aromatic carbocycles. The Labute approximate surface area is 165 Å². The molecule has 2 amide bonds. The lowest BCUT2D eigenvalue weighted by Crippen LogP contribution is -2.32. The lowest BCUT2D eigenvalue weighted by molar-refractivity contribution is -0.129. The highest BCUT2D eigenvalue weighted by molar-refractivity contribution is 8.16. The molecule has 3 fully saturated rings. The Balaban J connectivity index is 1.75. The van der Waals surface area contributed by atoms with Crippen molar-refractivity contribution in [2.24, 2.45) is 10.2 Å². The van der Waals surface area contributed by atoms with Crippen LogP contribution in [0.3, 0.4) is 0 Å². The molecule has 0 aromatic heterocycles. The highest BCUT2D eigenvalue weighted by Crippen LogP contribution is 2.45. The van der Waals surface area contributed by atoms with Gasteiger partial charge in [-0.05, 0) is 25.6 Å². The molecular weight excluding hydrogens is 411 g/mol. The van der Waals surface area contributed by atoms with E-state index in [4.69, 9.17) is 4.52 Å². The summed E-state index contributed by atoms with van der Waals surface area (Å²) >= 11 is 2.33. The summed E-state index contributed by atoms with van der Waals surface area (Å²) in [6.07, 6.45) is 0. The Bertz CT molecular complexity index is 778. The molecule has 3 aliphatic heterocycles. The number of hydrogen-bond acceptors (Lipinski definition) is 8. The van der Waals surface area contributed by atoms with Crippen molar-refractivity contribution in [2.75, 3.05) is 26.7 Å². The van der Waals surface area contributed by atoms with Gasteiger partial charge in [0.05, 0.1) is 5.25 Å². The summed E-state index contributed by atoms with van der Waals surface area (Å²) < 4.78 is 17.8. The molecule has 3 saturated heterocycles. The van der Waals surface area contributed by atoms with Crippen LogP contribution in [0.15, 0.2) is 22.4 Å². The number of amides is 2. The average molecular weight is 432 g/mol. The molecule has 0 saturated carbocycles. The summed E-state index contributed by atoms with van der Waals surface area (Å²) in [6, 6.07) is 0. The molecule has 148 valence electrons. The lowest BCUT2D eigenvalue weighted by atomic mass is 10.3. The number of carbonyl (C=O) groups is 2. The van der Waals surface area contributed by atoms with Crippen LogP contribution in [0.4, 0.5) is 0 Å². The highest BCUT2D eigenvalue weighted by atomic mass is 32.2. The van der Waals surface area contributed by atoms with Gasteiger partial charge in [0.1, 0.15) is 0 Å². The van der Waals surface area contributed by atoms with Crippen molar-refractivity contribution in [1.82, 2.24) is 20.0 Å². The Morgan fingerprint density at radius 2 is 1.89 bits per heavy atom. The van der Waals surface area contributed by atoms with Gasteiger partial charge in [0, 0.05) is 26.7 Å². The van der Waals surface area contributed by atoms with Gasteiger partial charge in [0.15, 0.2) is 15.8 Å². The Hall–Kier alpha value is -1.17. The topological polar surface area (TPSA) is 116 Å². The first kappa shape index (κ1) is 20.6. The van der Waals surface area contributed by atoms with E-state index in [0.717, 1.165) is 17.3 Å². The van der Waals surface area contributed by atoms with Gasteiger partial charge in [-0.3, -0.25) is 28.5 Å². The fraction of sp³-hybridized carbons (Fsp3) is 0.571. The normalized spacial score (nSPS) is 30.9. The molecule has 0 aliphatic carbocycles. The van der Waals surface area contributed by atoms with Gasteiger partial charge in [-0.25, -0.2) is 10.2 Å². The van der Waals surface area contributed by atoms with E-state index in [1.807, 2.05) is 6.92 Å². The van der Waals surface area contributed by atoms with E-state index in [1.165, 1.54) is 21.6 Å². The number of thioether (sulfide) groups is 2. The number of likely N-dealkylation sites (N-methyl/N-ethyl adjacent to an activating group) is 1. The summed E-state index contributed by atoms with van der Waals surface area (Å²) in [7, 11) is -1.67. The third kappa shape index (κ3) is 4.47. The molecular formula is C14H21N6O4PS2. The summed E-state index contributed by atoms with van der Waals surface area (Å²) in [4.78, 5) is 27.4. The van der Waals surface area contributed by atoms with Gasteiger partial charge in [-0.15, -0.1) is 10.2 Å². The van der Waals surface area contributed by atoms with Gasteiger partial charge in [-0.2, -0.15) is 0 Å². The Morgan fingerprint density at radius 3 is 2.52 bits per heavy atom. The summed E-state index contributed by atoms with van der Waals surface area (Å²) in [6.45, 7) is 8.85. The standard InChI is InChI=1S/C14H21N6O4PS2/c1-8(2)7-20-10(21)9(3)26-14(20)18-17-13-19(4)11(22)12(27-13)24-25(23)15-5-6-16-25/h9,12H,1,5-7H2,2-4H3,(H2,15,16,23). The summed E-state index contributed by atoms with van der Waals surface area (Å²) in [5.74, 6) is -0.421. The van der Waals surface area contributed by atoms with Crippen LogP contribution < -0.4 is 10.2 Å². The molecule has 3 heterocycles. The first-order chi connectivity index (χ1) is 12.7. The molecule has 2 unspecified atom stereocenters. The predicted octanol–water partition coefficient (Wildman–Crippen LogP) is 1.00. The zero-order valence-corrected chi connectivity index (χ0v) is 17.7. The van der Waals surface area contributed by atoms with Crippen molar-refractivity contribution in [3.63, 3.8) is 0 Å². The second-order valence-electron chi connectivity index (χ2n) is 6.23. The average Bonchev–Trinajstić information content (AvgIpc) is 3.22. The molecule has 3 rings (SSSR count). The second-order valence-corrected chi connectivity index (χ2v) is 10.5. The minimum Gasteiger partial charge on any atom is -0.290 e. The third-order valence-electron chi connectivity index (χ3n) is 3.82. The van der Waals surface area contributed by atoms with Crippen LogP contribution in [0.5, 0.6) is 0 Å². The van der Waals surface area contributed by atoms with E-state index >= 15 is 0 Å². The maximum absolute atomic E-state index is 12.4. The maximum atomic E-state index is 12.4. The number of nitrogens with zero attached hydrogens (tertiary/aromatic N) is 4. The summed E-state index contributed by atoms with van der Waals surface area (Å²) in [5, 5.41) is 14.3. The molecule has 2 atom stereocenters. The second kappa shape index (κ2) is 8.06. The van der Waals surface area contributed by atoms with Crippen LogP contribution >= 0.6 is 31.2 Å². The Kier molecular flexibility index (Phi) is 6.14. The van der Waals surface area contributed by atoms with Crippen molar-refractivity contribution >= 4 is 53.3 Å². The highest BCUT2D eigenvalue weighted by Gasteiger charge is 2.43. The maximum Gasteiger partial charge on any atom is 0.342 e. The fourth-order valence-corrected chi connectivity index (χ4v) is 6.14. The van der Waals surface area contributed by atoms with Crippen LogP contribution in [0.2, 0.25) is 0 Å². The molecule has 0 aromatic rings. The molecule has 0 radical (unpaired) electrons. The number of carbonyl (C=O) groups excluding carboxylic acids is 2. The Morgan fingerprint density at radius 1 is 1.26 bits per heavy atom. The molecule has 0 spiro atoms. The van der Waals surface area contributed by atoms with Gasteiger partial charge in [0.2, 0.25) is 5.91 Å². The molecule has 10 nitrogen and oxygen atoms in total. The molecule has 27 heavy (non-hydrogen) atoms. The molecule has 3 aliphatic rings. The number of rotatable bonds is 5. The zero-order valence-electron chi connectivity index (χ0n) is 15.2. The number of hydrogen-bond donors (Lipinski definition) is 2. The first-order valence-corrected chi connectivity index (χ1v) is 11.6. The smallest absolute Gasteiger partial charge is 0.290 e. The van der Waals surface area contributed by atoms with Gasteiger partial charge >= 0.3 is 7.67 Å². The third-order valence-corrected chi connectivity index (χ3v) is 7.89. The fourth-order valence-electron chi connectivity index (χ4n) is 2.47. The monoisotopic (exact) mass is 432 g/mol. The van der Waals surface area contributed by atoms with E-state index in [9.17, 15) is 14.2 Å². The minimum absolute atomic E-state index is 0.0526. The van der Waals surface area contributed by atoms with Gasteiger partial charge < -0.3 is 0 Å². The van der Waals surface area contributed by atoms with Gasteiger partial charge in [0.25, 0.3) is 5.91 Å². The predicted molar refractivity (Wildman–Crippen MR) is 107 cm³/mol. The van der Waals surface area contributed by atoms with Crippen molar-refractivity contribution in [3.05, 3.63) is 12.2 Å². The van der Waals surface area contributed by atoms with E-state index in [-0.39, 0.29) is 17.1 Å². The molecule has 13 heteroatoms. The van der Waals surface area contributed by atoms with E-state index in [2.05, 4.69) is 27.0 Å². The van der Waals surface area contributed by atoms with E-state index in [0.29, 0.717) is 30.0 Å². The number of nitrogens with one attached hydrogen (secondary N) is 2. The van der Waals surface area contributed by atoms with Crippen LogP contribution in [-0.2, 0) is 18.7 Å². The summed E-state index contributed by atoms with van der Waals surface area (Å²) in [5.41, 5.74) is -0.142. The SMILES string of the molecule is C=C(C)CN1C(=O)C(C)SC1=NN=C1SC(OP2(=O)NCCN2)C(=O)N1C. The lowest BCUT2D eigenvalue weighted by Gasteiger charge is -2.15. The van der Waals surface area contributed by atoms with Crippen LogP contribution in [0.1, 0.15) is 13.8 Å². The van der Waals surface area contributed by atoms with E-state index in [1.54, 1.807) is 14.0 Å². The molecule has 0 bridgehead atoms. The zero-order chi connectivity index (χ0) is 19.8. The van der Waals surface area contributed by atoms with Crippen LogP contribution in [0.25, 0.3) is 0 Å². The number of amidine groups is 2. The van der Waals surface area contributed by atoms with Crippen molar-refractivity contribution in [3.8, 4) is 0 Å². The molecule has 2 N–H and O–H groups in total. The van der Waals surface area contributed by atoms with Crippen molar-refractivity contribution < 1.29 is 18.7 Å². The van der Waals surface area contributed by atoms with Crippen LogP contribution in [-0.4, -0.2) is 69.3 Å². The van der Waals surface area contributed by atoms with Crippen LogP contribution in [0, 0.1) is 0 Å². The van der Waals surface area contributed by atoms with Crippen molar-refractivity contribution in [2.45, 2.75) is 24.5 Å². The van der Waals surface area contributed by atoms with E-state index < -0.39 is 13.1 Å². The minimum atomic E-state index is -3.22. The quantitative estimate of drug-likeness (QED) is 0.376. The van der Waals surface area contributed by atoms with Crippen molar-refractivity contribution in [1.29, 1.82) is 0 Å². The first-order valence-electron chi connectivity index (χ1n) is 8.21. The van der Waals surface area contributed by atoms with Gasteiger partial charge in [-0.1, -0.05) is 23.9 Å². The largest absolute Gasteiger partial charge is 0.342 e.